The zero-order chi connectivity index (χ0) is 15.3. The Morgan fingerprint density at radius 2 is 1.68 bits per heavy atom. The highest BCUT2D eigenvalue weighted by molar-refractivity contribution is 5.86. The van der Waals surface area contributed by atoms with Gasteiger partial charge in [0.15, 0.2) is 0 Å². The molecular formula is C18H19NO3. The maximum atomic E-state index is 12.6. The standard InChI is InChI=1S/C18H19NO3/c20-17(19-9-10-4-2-1-3-5-10)15-11-6-7-12(14-8-13(11)14)16(15)18(21)22/h1-7,11-16H,8-9H2,(H,19,20)(H,21,22)/t11-,12-,13-,14-,15-,16+/m0/s1. The van der Waals surface area contributed by atoms with Crippen molar-refractivity contribution in [3.05, 3.63) is 48.0 Å². The summed E-state index contributed by atoms with van der Waals surface area (Å²) >= 11 is 0. The highest BCUT2D eigenvalue weighted by Gasteiger charge is 2.62. The minimum Gasteiger partial charge on any atom is -0.481 e. The SMILES string of the molecule is O=C(O)[C@@H]1[C@H]2C=C[C@@H]([C@@H]3C[C@@H]23)[C@@H]1C(=O)NCc1ccccc1. The summed E-state index contributed by atoms with van der Waals surface area (Å²) in [5.41, 5.74) is 1.03. The molecule has 1 amide bonds. The Kier molecular flexibility index (Phi) is 3.06. The van der Waals surface area contributed by atoms with E-state index in [1.165, 1.54) is 0 Å². The number of aliphatic carboxylic acids is 1. The number of benzene rings is 1. The molecule has 114 valence electrons. The first kappa shape index (κ1) is 13.6. The molecule has 0 aliphatic heterocycles. The van der Waals surface area contributed by atoms with Gasteiger partial charge in [-0.05, 0) is 35.7 Å². The highest BCUT2D eigenvalue weighted by atomic mass is 16.4. The van der Waals surface area contributed by atoms with E-state index in [4.69, 9.17) is 0 Å². The zero-order valence-electron chi connectivity index (χ0n) is 12.2. The van der Waals surface area contributed by atoms with Crippen LogP contribution in [-0.2, 0) is 16.1 Å². The summed E-state index contributed by atoms with van der Waals surface area (Å²) in [4.78, 5) is 24.3. The fourth-order valence-electron chi connectivity index (χ4n) is 4.47. The van der Waals surface area contributed by atoms with Crippen LogP contribution in [0, 0.1) is 35.5 Å². The number of hydrogen-bond acceptors (Lipinski definition) is 2. The van der Waals surface area contributed by atoms with Crippen molar-refractivity contribution in [2.45, 2.75) is 13.0 Å². The van der Waals surface area contributed by atoms with Crippen molar-refractivity contribution >= 4 is 11.9 Å². The van der Waals surface area contributed by atoms with Gasteiger partial charge in [-0.15, -0.1) is 0 Å². The first-order chi connectivity index (χ1) is 10.7. The molecule has 2 N–H and O–H groups in total. The normalized spacial score (nSPS) is 37.5. The lowest BCUT2D eigenvalue weighted by Crippen LogP contribution is -2.49. The molecule has 0 radical (unpaired) electrons. The van der Waals surface area contributed by atoms with E-state index in [1.54, 1.807) is 0 Å². The summed E-state index contributed by atoms with van der Waals surface area (Å²) in [6, 6.07) is 9.71. The van der Waals surface area contributed by atoms with Gasteiger partial charge in [-0.25, -0.2) is 0 Å². The quantitative estimate of drug-likeness (QED) is 0.836. The first-order valence-corrected chi connectivity index (χ1v) is 7.89. The number of carboxylic acids is 1. The van der Waals surface area contributed by atoms with Crippen molar-refractivity contribution in [3.63, 3.8) is 0 Å². The third kappa shape index (κ3) is 2.05. The van der Waals surface area contributed by atoms with Gasteiger partial charge in [-0.2, -0.15) is 0 Å². The number of rotatable bonds is 4. The summed E-state index contributed by atoms with van der Waals surface area (Å²) in [5, 5.41) is 12.5. The van der Waals surface area contributed by atoms with Crippen molar-refractivity contribution < 1.29 is 14.7 Å². The predicted molar refractivity (Wildman–Crippen MR) is 80.6 cm³/mol. The van der Waals surface area contributed by atoms with Gasteiger partial charge in [0, 0.05) is 6.54 Å². The number of carbonyl (C=O) groups is 2. The van der Waals surface area contributed by atoms with Crippen molar-refractivity contribution in [1.29, 1.82) is 0 Å². The van der Waals surface area contributed by atoms with Gasteiger partial charge < -0.3 is 10.4 Å². The van der Waals surface area contributed by atoms with E-state index >= 15 is 0 Å². The van der Waals surface area contributed by atoms with Gasteiger partial charge in [0.05, 0.1) is 11.8 Å². The zero-order valence-corrected chi connectivity index (χ0v) is 12.2. The van der Waals surface area contributed by atoms with Crippen LogP contribution in [-0.4, -0.2) is 17.0 Å². The van der Waals surface area contributed by atoms with E-state index in [2.05, 4.69) is 11.4 Å². The molecule has 0 aromatic heterocycles. The smallest absolute Gasteiger partial charge is 0.307 e. The van der Waals surface area contributed by atoms with E-state index in [0.717, 1.165) is 12.0 Å². The number of carboxylic acid groups (broad SMARTS) is 1. The second-order valence-electron chi connectivity index (χ2n) is 6.70. The Morgan fingerprint density at radius 1 is 1.05 bits per heavy atom. The van der Waals surface area contributed by atoms with Crippen LogP contribution in [0.2, 0.25) is 0 Å². The summed E-state index contributed by atoms with van der Waals surface area (Å²) in [6.45, 7) is 0.456. The lowest BCUT2D eigenvalue weighted by molar-refractivity contribution is -0.153. The second kappa shape index (κ2) is 4.97. The van der Waals surface area contributed by atoms with Crippen LogP contribution in [0.1, 0.15) is 12.0 Å². The molecule has 2 saturated carbocycles. The highest BCUT2D eigenvalue weighted by Crippen LogP contribution is 2.63. The van der Waals surface area contributed by atoms with Crippen molar-refractivity contribution in [3.8, 4) is 0 Å². The van der Waals surface area contributed by atoms with Gasteiger partial charge >= 0.3 is 5.97 Å². The van der Waals surface area contributed by atoms with Crippen LogP contribution < -0.4 is 5.32 Å². The van der Waals surface area contributed by atoms with Crippen molar-refractivity contribution in [2.24, 2.45) is 35.5 Å². The molecular weight excluding hydrogens is 278 g/mol. The molecule has 22 heavy (non-hydrogen) atoms. The average molecular weight is 297 g/mol. The number of nitrogens with one attached hydrogen (secondary N) is 1. The summed E-state index contributed by atoms with van der Waals surface area (Å²) < 4.78 is 0. The van der Waals surface area contributed by atoms with E-state index in [1.807, 2.05) is 36.4 Å². The summed E-state index contributed by atoms with van der Waals surface area (Å²) in [7, 11) is 0. The molecule has 4 aliphatic rings. The number of allylic oxidation sites excluding steroid dienone is 2. The molecule has 0 spiro atoms. The van der Waals surface area contributed by atoms with E-state index in [-0.39, 0.29) is 17.7 Å². The predicted octanol–water partition coefficient (Wildman–Crippen LogP) is 2.07. The van der Waals surface area contributed by atoms with Gasteiger partial charge in [0.25, 0.3) is 0 Å². The third-order valence-electron chi connectivity index (χ3n) is 5.55. The lowest BCUT2D eigenvalue weighted by atomic mass is 9.62. The van der Waals surface area contributed by atoms with Crippen LogP contribution in [0.5, 0.6) is 0 Å². The van der Waals surface area contributed by atoms with E-state index in [0.29, 0.717) is 18.4 Å². The van der Waals surface area contributed by atoms with Gasteiger partial charge in [-0.1, -0.05) is 42.5 Å². The molecule has 6 atom stereocenters. The molecule has 5 rings (SSSR count). The monoisotopic (exact) mass is 297 g/mol. The molecule has 0 saturated heterocycles. The number of fused-ring (bicyclic) bond motifs is 1. The Morgan fingerprint density at radius 3 is 2.32 bits per heavy atom. The first-order valence-electron chi connectivity index (χ1n) is 7.89. The van der Waals surface area contributed by atoms with E-state index in [9.17, 15) is 14.7 Å². The molecule has 0 unspecified atom stereocenters. The van der Waals surface area contributed by atoms with Crippen LogP contribution in [0.3, 0.4) is 0 Å². The summed E-state index contributed by atoms with van der Waals surface area (Å²) in [6.07, 6.45) is 5.21. The van der Waals surface area contributed by atoms with Crippen LogP contribution in [0.4, 0.5) is 0 Å². The third-order valence-corrected chi connectivity index (χ3v) is 5.55. The topological polar surface area (TPSA) is 66.4 Å². The Balaban J connectivity index is 1.51. The average Bonchev–Trinajstić information content (AvgIpc) is 3.35. The van der Waals surface area contributed by atoms with Crippen molar-refractivity contribution in [2.75, 3.05) is 0 Å². The van der Waals surface area contributed by atoms with E-state index < -0.39 is 17.8 Å². The number of hydrogen-bond donors (Lipinski definition) is 2. The minimum absolute atomic E-state index is 0.0416. The Bertz CT molecular complexity index is 639. The molecule has 2 bridgehead atoms. The Labute approximate surface area is 129 Å². The molecule has 4 nitrogen and oxygen atoms in total. The van der Waals surface area contributed by atoms with Crippen molar-refractivity contribution in [1.82, 2.24) is 5.32 Å². The second-order valence-corrected chi connectivity index (χ2v) is 6.70. The fourth-order valence-corrected chi connectivity index (χ4v) is 4.47. The fraction of sp³-hybridized carbons (Fsp3) is 0.444. The molecule has 1 aromatic rings. The molecule has 1 aromatic carbocycles. The van der Waals surface area contributed by atoms with Gasteiger partial charge in [0.1, 0.15) is 0 Å². The van der Waals surface area contributed by atoms with Crippen LogP contribution >= 0.6 is 0 Å². The molecule has 0 heterocycles. The Hall–Kier alpha value is -2.10. The number of carbonyl (C=O) groups excluding carboxylic acids is 1. The van der Waals surface area contributed by atoms with Crippen LogP contribution in [0.25, 0.3) is 0 Å². The maximum absolute atomic E-state index is 12.6. The molecule has 4 aliphatic carbocycles. The number of amides is 1. The lowest BCUT2D eigenvalue weighted by Gasteiger charge is -2.41. The largest absolute Gasteiger partial charge is 0.481 e. The summed E-state index contributed by atoms with van der Waals surface area (Å²) in [5.74, 6) is -0.751. The van der Waals surface area contributed by atoms with Gasteiger partial charge in [-0.3, -0.25) is 9.59 Å². The molecule has 4 heteroatoms. The van der Waals surface area contributed by atoms with Gasteiger partial charge in [0.2, 0.25) is 5.91 Å². The molecule has 2 fully saturated rings. The van der Waals surface area contributed by atoms with Crippen LogP contribution in [0.15, 0.2) is 42.5 Å². The maximum Gasteiger partial charge on any atom is 0.307 e. The minimum atomic E-state index is -0.829.